The van der Waals surface area contributed by atoms with Crippen molar-refractivity contribution in [3.05, 3.63) is 29.8 Å². The van der Waals surface area contributed by atoms with Gasteiger partial charge in [0.05, 0.1) is 7.11 Å². The number of Topliss-reactive ketones (excluding diaryl/α,β-unsaturated/α-hetero) is 1. The van der Waals surface area contributed by atoms with E-state index in [0.29, 0.717) is 11.3 Å². The van der Waals surface area contributed by atoms with Crippen LogP contribution in [0.3, 0.4) is 0 Å². The number of hydrogen-bond donors (Lipinski definition) is 1. The summed E-state index contributed by atoms with van der Waals surface area (Å²) >= 11 is 0. The highest BCUT2D eigenvalue weighted by atomic mass is 16.5. The zero-order valence-electron chi connectivity index (χ0n) is 9.23. The first kappa shape index (κ1) is 12.2. The maximum Gasteiger partial charge on any atom is 0.214 e. The molecule has 0 heterocycles. The minimum absolute atomic E-state index is 0.0639. The molecule has 1 aromatic carbocycles. The molecule has 0 aliphatic rings. The van der Waals surface area contributed by atoms with E-state index in [1.54, 1.807) is 25.1 Å². The van der Waals surface area contributed by atoms with Gasteiger partial charge in [0.1, 0.15) is 11.8 Å². The molecule has 0 aromatic heterocycles. The van der Waals surface area contributed by atoms with Crippen molar-refractivity contribution < 1.29 is 14.6 Å². The fourth-order valence-corrected chi connectivity index (χ4v) is 1.27. The molecule has 1 rings (SSSR count). The third-order valence-corrected chi connectivity index (χ3v) is 2.42. The van der Waals surface area contributed by atoms with Gasteiger partial charge in [-0.05, 0) is 30.7 Å². The zero-order chi connectivity index (χ0) is 12.2. The maximum atomic E-state index is 11.8. The highest BCUT2D eigenvalue weighted by Crippen LogP contribution is 2.19. The van der Waals surface area contributed by atoms with E-state index in [2.05, 4.69) is 0 Å². The fourth-order valence-electron chi connectivity index (χ4n) is 1.27. The van der Waals surface area contributed by atoms with Crippen LogP contribution in [0.4, 0.5) is 0 Å². The molecule has 1 aromatic rings. The summed E-state index contributed by atoms with van der Waals surface area (Å²) in [5.74, 6) is 0.0358. The molecule has 0 saturated heterocycles. The SMILES string of the molecule is CCC(O)(C#N)C(=O)c1ccc(OC)cc1. The van der Waals surface area contributed by atoms with Gasteiger partial charge in [-0.25, -0.2) is 0 Å². The van der Waals surface area contributed by atoms with E-state index in [9.17, 15) is 9.90 Å². The van der Waals surface area contributed by atoms with Crippen LogP contribution in [-0.2, 0) is 0 Å². The molecule has 4 nitrogen and oxygen atoms in total. The Morgan fingerprint density at radius 3 is 2.44 bits per heavy atom. The molecule has 0 amide bonds. The van der Waals surface area contributed by atoms with Crippen LogP contribution in [0.15, 0.2) is 24.3 Å². The van der Waals surface area contributed by atoms with Crippen LogP contribution < -0.4 is 4.74 Å². The Morgan fingerprint density at radius 1 is 1.50 bits per heavy atom. The second-order valence-electron chi connectivity index (χ2n) is 3.38. The van der Waals surface area contributed by atoms with E-state index in [1.807, 2.05) is 0 Å². The van der Waals surface area contributed by atoms with Crippen LogP contribution in [0.25, 0.3) is 0 Å². The molecule has 0 fully saturated rings. The van der Waals surface area contributed by atoms with Crippen molar-refractivity contribution in [1.29, 1.82) is 5.26 Å². The van der Waals surface area contributed by atoms with Crippen LogP contribution in [0.5, 0.6) is 5.75 Å². The van der Waals surface area contributed by atoms with Gasteiger partial charge in [0.2, 0.25) is 11.4 Å². The van der Waals surface area contributed by atoms with Crippen molar-refractivity contribution in [1.82, 2.24) is 0 Å². The molecule has 16 heavy (non-hydrogen) atoms. The maximum absolute atomic E-state index is 11.8. The number of aliphatic hydroxyl groups is 1. The molecular formula is C12H13NO3. The third-order valence-electron chi connectivity index (χ3n) is 2.42. The summed E-state index contributed by atoms with van der Waals surface area (Å²) in [5.41, 5.74) is -1.64. The molecule has 0 bridgehead atoms. The predicted octanol–water partition coefficient (Wildman–Crippen LogP) is 1.54. The Kier molecular flexibility index (Phi) is 3.64. The van der Waals surface area contributed by atoms with Gasteiger partial charge in [0, 0.05) is 5.56 Å². The quantitative estimate of drug-likeness (QED) is 0.616. The zero-order valence-corrected chi connectivity index (χ0v) is 9.23. The first-order valence-electron chi connectivity index (χ1n) is 4.90. The molecule has 0 aliphatic carbocycles. The number of benzene rings is 1. The first-order valence-corrected chi connectivity index (χ1v) is 4.90. The molecule has 0 spiro atoms. The number of methoxy groups -OCH3 is 1. The molecule has 84 valence electrons. The molecule has 1 N–H and O–H groups in total. The summed E-state index contributed by atoms with van der Waals surface area (Å²) in [7, 11) is 1.52. The van der Waals surface area contributed by atoms with Crippen LogP contribution in [0.2, 0.25) is 0 Å². The minimum Gasteiger partial charge on any atom is -0.497 e. The van der Waals surface area contributed by atoms with Crippen LogP contribution in [0.1, 0.15) is 23.7 Å². The number of ether oxygens (including phenoxy) is 1. The van der Waals surface area contributed by atoms with Gasteiger partial charge in [-0.15, -0.1) is 0 Å². The number of nitrogens with zero attached hydrogens (tertiary/aromatic N) is 1. The van der Waals surface area contributed by atoms with Gasteiger partial charge >= 0.3 is 0 Å². The number of rotatable bonds is 4. The van der Waals surface area contributed by atoms with E-state index < -0.39 is 11.4 Å². The summed E-state index contributed by atoms with van der Waals surface area (Å²) in [6.45, 7) is 1.59. The average molecular weight is 219 g/mol. The summed E-state index contributed by atoms with van der Waals surface area (Å²) in [6, 6.07) is 7.91. The molecular weight excluding hydrogens is 206 g/mol. The van der Waals surface area contributed by atoms with Gasteiger partial charge in [-0.1, -0.05) is 6.92 Å². The average Bonchev–Trinajstić information content (AvgIpc) is 2.37. The van der Waals surface area contributed by atoms with Gasteiger partial charge < -0.3 is 9.84 Å². The lowest BCUT2D eigenvalue weighted by atomic mass is 9.92. The predicted molar refractivity (Wildman–Crippen MR) is 58.2 cm³/mol. The number of nitriles is 1. The molecule has 1 unspecified atom stereocenters. The van der Waals surface area contributed by atoms with E-state index in [-0.39, 0.29) is 6.42 Å². The van der Waals surface area contributed by atoms with Crippen LogP contribution in [0, 0.1) is 11.3 Å². The highest BCUT2D eigenvalue weighted by molar-refractivity contribution is 6.04. The summed E-state index contributed by atoms with van der Waals surface area (Å²) in [4.78, 5) is 11.8. The van der Waals surface area contributed by atoms with Crippen molar-refractivity contribution in [3.8, 4) is 11.8 Å². The Balaban J connectivity index is 3.01. The van der Waals surface area contributed by atoms with Crippen molar-refractivity contribution in [2.24, 2.45) is 0 Å². The number of hydrogen-bond acceptors (Lipinski definition) is 4. The lowest BCUT2D eigenvalue weighted by Crippen LogP contribution is -2.36. The van der Waals surface area contributed by atoms with Crippen molar-refractivity contribution >= 4 is 5.78 Å². The second-order valence-corrected chi connectivity index (χ2v) is 3.38. The topological polar surface area (TPSA) is 70.3 Å². The largest absolute Gasteiger partial charge is 0.497 e. The highest BCUT2D eigenvalue weighted by Gasteiger charge is 2.34. The number of carbonyl (C=O) groups excluding carboxylic acids is 1. The molecule has 0 aliphatic heterocycles. The minimum atomic E-state index is -1.94. The Labute approximate surface area is 94.1 Å². The molecule has 0 radical (unpaired) electrons. The molecule has 4 heteroatoms. The Hall–Kier alpha value is -1.86. The Bertz CT molecular complexity index is 419. The second kappa shape index (κ2) is 4.77. The monoisotopic (exact) mass is 219 g/mol. The van der Waals surface area contributed by atoms with Gasteiger partial charge in [-0.3, -0.25) is 4.79 Å². The normalized spacial score (nSPS) is 13.6. The van der Waals surface area contributed by atoms with Gasteiger partial charge in [-0.2, -0.15) is 5.26 Å². The van der Waals surface area contributed by atoms with Crippen molar-refractivity contribution in [2.45, 2.75) is 18.9 Å². The number of ketones is 1. The summed E-state index contributed by atoms with van der Waals surface area (Å²) in [6.07, 6.45) is 0.0639. The van der Waals surface area contributed by atoms with Gasteiger partial charge in [0.15, 0.2) is 0 Å². The van der Waals surface area contributed by atoms with E-state index in [1.165, 1.54) is 19.2 Å². The standard InChI is InChI=1S/C12H13NO3/c1-3-12(15,8-13)11(14)9-4-6-10(16-2)7-5-9/h4-7,15H,3H2,1-2H3. The van der Waals surface area contributed by atoms with Gasteiger partial charge in [0.25, 0.3) is 0 Å². The first-order chi connectivity index (χ1) is 7.57. The third kappa shape index (κ3) is 2.20. The summed E-state index contributed by atoms with van der Waals surface area (Å²) in [5, 5.41) is 18.5. The van der Waals surface area contributed by atoms with E-state index in [0.717, 1.165) is 0 Å². The number of carbonyl (C=O) groups is 1. The lowest BCUT2D eigenvalue weighted by Gasteiger charge is -2.16. The van der Waals surface area contributed by atoms with Crippen LogP contribution in [-0.4, -0.2) is 23.6 Å². The molecule has 1 atom stereocenters. The van der Waals surface area contributed by atoms with Crippen molar-refractivity contribution in [2.75, 3.05) is 7.11 Å². The molecule has 0 saturated carbocycles. The fraction of sp³-hybridized carbons (Fsp3) is 0.333. The van der Waals surface area contributed by atoms with Crippen LogP contribution >= 0.6 is 0 Å². The summed E-state index contributed by atoms with van der Waals surface area (Å²) < 4.78 is 4.95. The Morgan fingerprint density at radius 2 is 2.06 bits per heavy atom. The van der Waals surface area contributed by atoms with E-state index in [4.69, 9.17) is 10.00 Å². The smallest absolute Gasteiger partial charge is 0.214 e. The lowest BCUT2D eigenvalue weighted by molar-refractivity contribution is 0.0542. The van der Waals surface area contributed by atoms with E-state index >= 15 is 0 Å². The van der Waals surface area contributed by atoms with Crippen molar-refractivity contribution in [3.63, 3.8) is 0 Å².